The van der Waals surface area contributed by atoms with E-state index in [9.17, 15) is 14.7 Å². The number of carbonyl (C=O) groups is 2. The molecule has 2 atom stereocenters. The summed E-state index contributed by atoms with van der Waals surface area (Å²) in [5.41, 5.74) is 1.83. The molecule has 1 aromatic heterocycles. The lowest BCUT2D eigenvalue weighted by Gasteiger charge is -2.22. The Bertz CT molecular complexity index is 797. The Morgan fingerprint density at radius 2 is 2.07 bits per heavy atom. The van der Waals surface area contributed by atoms with E-state index in [4.69, 9.17) is 4.74 Å². The van der Waals surface area contributed by atoms with E-state index in [1.807, 2.05) is 30.3 Å². The van der Waals surface area contributed by atoms with Crippen LogP contribution in [0.4, 0.5) is 0 Å². The molecule has 0 unspecified atom stereocenters. The Labute approximate surface area is 158 Å². The van der Waals surface area contributed by atoms with Gasteiger partial charge in [0.05, 0.1) is 12.3 Å². The first-order chi connectivity index (χ1) is 13.0. The molecule has 3 rings (SSSR count). The van der Waals surface area contributed by atoms with E-state index in [0.29, 0.717) is 12.4 Å². The van der Waals surface area contributed by atoms with Crippen LogP contribution in [-0.2, 0) is 22.7 Å². The number of nitrogens with one attached hydrogen (secondary N) is 1. The van der Waals surface area contributed by atoms with E-state index in [-0.39, 0.29) is 31.3 Å². The molecule has 2 heterocycles. The summed E-state index contributed by atoms with van der Waals surface area (Å²) in [7, 11) is 0. The van der Waals surface area contributed by atoms with Gasteiger partial charge in [0.2, 0.25) is 11.8 Å². The fraction of sp³-hybridized carbons (Fsp3) is 0.350. The Morgan fingerprint density at radius 1 is 1.30 bits per heavy atom. The van der Waals surface area contributed by atoms with Gasteiger partial charge in [0.25, 0.3) is 0 Å². The second-order valence-electron chi connectivity index (χ2n) is 6.55. The number of hydrogen-bond donors (Lipinski definition) is 2. The molecule has 0 spiro atoms. The first-order valence-electron chi connectivity index (χ1n) is 8.87. The van der Waals surface area contributed by atoms with Crippen LogP contribution >= 0.6 is 0 Å². The Hall–Kier alpha value is -2.93. The van der Waals surface area contributed by atoms with Crippen LogP contribution in [0.3, 0.4) is 0 Å². The molecule has 2 N–H and O–H groups in total. The standard InChI is InChI=1S/C20H23N3O4/c1-14(24)23-12-17(25)9-18(23)20(26)22-10-16-7-8-21-11-19(16)27-13-15-5-3-2-4-6-15/h2-8,11,17-18,25H,9-10,12-13H2,1H3,(H,22,26)/t17-,18-/m1/s1. The molecule has 0 saturated carbocycles. The molecule has 0 bridgehead atoms. The number of benzene rings is 1. The molecule has 7 heteroatoms. The number of aliphatic hydroxyl groups is 1. The summed E-state index contributed by atoms with van der Waals surface area (Å²) in [5, 5.41) is 12.6. The molecule has 1 saturated heterocycles. The number of amides is 2. The number of aromatic nitrogens is 1. The highest BCUT2D eigenvalue weighted by molar-refractivity contribution is 5.87. The zero-order valence-electron chi connectivity index (χ0n) is 15.2. The lowest BCUT2D eigenvalue weighted by Crippen LogP contribution is -2.44. The van der Waals surface area contributed by atoms with Gasteiger partial charge in [-0.3, -0.25) is 14.6 Å². The highest BCUT2D eigenvalue weighted by atomic mass is 16.5. The molecular weight excluding hydrogens is 346 g/mol. The topological polar surface area (TPSA) is 91.8 Å². The SMILES string of the molecule is CC(=O)N1C[C@H](O)C[C@@H]1C(=O)NCc1ccncc1OCc1ccccc1. The molecule has 27 heavy (non-hydrogen) atoms. The lowest BCUT2D eigenvalue weighted by atomic mass is 10.1. The number of β-amino-alcohol motifs (C(OH)–C–C–N with tert-alkyl or cyclic N) is 1. The van der Waals surface area contributed by atoms with Gasteiger partial charge in [0.1, 0.15) is 18.4 Å². The number of hydrogen-bond acceptors (Lipinski definition) is 5. The molecule has 1 aromatic carbocycles. The van der Waals surface area contributed by atoms with Crippen LogP contribution < -0.4 is 10.1 Å². The Kier molecular flexibility index (Phi) is 6.03. The molecule has 2 amide bonds. The van der Waals surface area contributed by atoms with Crippen molar-refractivity contribution in [3.63, 3.8) is 0 Å². The summed E-state index contributed by atoms with van der Waals surface area (Å²) < 4.78 is 5.84. The van der Waals surface area contributed by atoms with Crippen molar-refractivity contribution in [3.8, 4) is 5.75 Å². The fourth-order valence-corrected chi connectivity index (χ4v) is 3.13. The van der Waals surface area contributed by atoms with Gasteiger partial charge < -0.3 is 20.1 Å². The fourth-order valence-electron chi connectivity index (χ4n) is 3.13. The van der Waals surface area contributed by atoms with Crippen molar-refractivity contribution in [2.45, 2.75) is 38.6 Å². The smallest absolute Gasteiger partial charge is 0.243 e. The quantitative estimate of drug-likeness (QED) is 0.800. The predicted molar refractivity (Wildman–Crippen MR) is 98.7 cm³/mol. The zero-order valence-corrected chi connectivity index (χ0v) is 15.2. The Morgan fingerprint density at radius 3 is 2.81 bits per heavy atom. The summed E-state index contributed by atoms with van der Waals surface area (Å²) in [5.74, 6) is 0.0894. The predicted octanol–water partition coefficient (Wildman–Crippen LogP) is 1.26. The van der Waals surface area contributed by atoms with Crippen molar-refractivity contribution in [2.75, 3.05) is 6.54 Å². The number of rotatable bonds is 6. The number of likely N-dealkylation sites (tertiary alicyclic amines) is 1. The van der Waals surface area contributed by atoms with E-state index in [0.717, 1.165) is 11.1 Å². The van der Waals surface area contributed by atoms with Crippen LogP contribution in [0.1, 0.15) is 24.5 Å². The van der Waals surface area contributed by atoms with Gasteiger partial charge in [0.15, 0.2) is 0 Å². The van der Waals surface area contributed by atoms with Gasteiger partial charge in [-0.25, -0.2) is 0 Å². The number of aliphatic hydroxyl groups excluding tert-OH is 1. The number of carbonyl (C=O) groups excluding carboxylic acids is 2. The maximum Gasteiger partial charge on any atom is 0.243 e. The third-order valence-corrected chi connectivity index (χ3v) is 4.55. The summed E-state index contributed by atoms with van der Waals surface area (Å²) in [4.78, 5) is 29.6. The van der Waals surface area contributed by atoms with Crippen molar-refractivity contribution in [2.24, 2.45) is 0 Å². The van der Waals surface area contributed by atoms with Gasteiger partial charge >= 0.3 is 0 Å². The maximum absolute atomic E-state index is 12.5. The zero-order chi connectivity index (χ0) is 19.2. The van der Waals surface area contributed by atoms with Crippen LogP contribution in [-0.4, -0.2) is 45.5 Å². The minimum atomic E-state index is -0.671. The minimum absolute atomic E-state index is 0.189. The van der Waals surface area contributed by atoms with Gasteiger partial charge in [-0.2, -0.15) is 0 Å². The van der Waals surface area contributed by atoms with E-state index in [1.54, 1.807) is 18.5 Å². The molecule has 0 radical (unpaired) electrons. The van der Waals surface area contributed by atoms with Crippen molar-refractivity contribution in [1.29, 1.82) is 0 Å². The van der Waals surface area contributed by atoms with E-state index < -0.39 is 12.1 Å². The average Bonchev–Trinajstić information content (AvgIpc) is 3.08. The van der Waals surface area contributed by atoms with Crippen LogP contribution in [0, 0.1) is 0 Å². The van der Waals surface area contributed by atoms with E-state index >= 15 is 0 Å². The highest BCUT2D eigenvalue weighted by Crippen LogP contribution is 2.20. The van der Waals surface area contributed by atoms with Crippen molar-refractivity contribution >= 4 is 11.8 Å². The highest BCUT2D eigenvalue weighted by Gasteiger charge is 2.37. The second kappa shape index (κ2) is 8.64. The summed E-state index contributed by atoms with van der Waals surface area (Å²) in [6.45, 7) is 2.25. The number of ether oxygens (including phenoxy) is 1. The molecule has 1 aliphatic rings. The van der Waals surface area contributed by atoms with Crippen LogP contribution in [0.5, 0.6) is 5.75 Å². The minimum Gasteiger partial charge on any atom is -0.487 e. The molecule has 1 aliphatic heterocycles. The van der Waals surface area contributed by atoms with Gasteiger partial charge in [-0.05, 0) is 11.6 Å². The molecular formula is C20H23N3O4. The lowest BCUT2D eigenvalue weighted by molar-refractivity contribution is -0.137. The largest absolute Gasteiger partial charge is 0.487 e. The van der Waals surface area contributed by atoms with Crippen LogP contribution in [0.25, 0.3) is 0 Å². The third-order valence-electron chi connectivity index (χ3n) is 4.55. The third kappa shape index (κ3) is 4.83. The monoisotopic (exact) mass is 369 g/mol. The Balaban J connectivity index is 1.61. The summed E-state index contributed by atoms with van der Waals surface area (Å²) >= 11 is 0. The van der Waals surface area contributed by atoms with Crippen LogP contribution in [0.2, 0.25) is 0 Å². The number of nitrogens with zero attached hydrogens (tertiary/aromatic N) is 2. The van der Waals surface area contributed by atoms with Crippen LogP contribution in [0.15, 0.2) is 48.8 Å². The molecule has 1 fully saturated rings. The van der Waals surface area contributed by atoms with Gasteiger partial charge in [-0.15, -0.1) is 0 Å². The summed E-state index contributed by atoms with van der Waals surface area (Å²) in [6, 6.07) is 10.9. The first-order valence-corrected chi connectivity index (χ1v) is 8.87. The molecule has 2 aromatic rings. The molecule has 142 valence electrons. The molecule has 0 aliphatic carbocycles. The molecule has 7 nitrogen and oxygen atoms in total. The average molecular weight is 369 g/mol. The maximum atomic E-state index is 12.5. The van der Waals surface area contributed by atoms with Gasteiger partial charge in [0, 0.05) is 38.2 Å². The van der Waals surface area contributed by atoms with E-state index in [2.05, 4.69) is 10.3 Å². The number of pyridine rings is 1. The second-order valence-corrected chi connectivity index (χ2v) is 6.55. The first kappa shape index (κ1) is 18.8. The van der Waals surface area contributed by atoms with E-state index in [1.165, 1.54) is 11.8 Å². The normalized spacial score (nSPS) is 19.0. The van der Waals surface area contributed by atoms with Gasteiger partial charge in [-0.1, -0.05) is 30.3 Å². The van der Waals surface area contributed by atoms with Crippen molar-refractivity contribution in [1.82, 2.24) is 15.2 Å². The summed E-state index contributed by atoms with van der Waals surface area (Å²) in [6.07, 6.45) is 2.83. The van der Waals surface area contributed by atoms with Crippen molar-refractivity contribution < 1.29 is 19.4 Å². The van der Waals surface area contributed by atoms with Crippen molar-refractivity contribution in [3.05, 3.63) is 59.9 Å².